The third kappa shape index (κ3) is 6.04. The van der Waals surface area contributed by atoms with Gasteiger partial charge in [-0.2, -0.15) is 0 Å². The van der Waals surface area contributed by atoms with Crippen LogP contribution in [-0.2, 0) is 17.9 Å². The van der Waals surface area contributed by atoms with Gasteiger partial charge in [-0.1, -0.05) is 37.3 Å². The lowest BCUT2D eigenvalue weighted by atomic mass is 10.1. The number of hydrogen-bond acceptors (Lipinski definition) is 3. The highest BCUT2D eigenvalue weighted by atomic mass is 32.1. The van der Waals surface area contributed by atoms with Crippen LogP contribution >= 0.6 is 11.3 Å². The van der Waals surface area contributed by atoms with Gasteiger partial charge in [0.1, 0.15) is 12.4 Å². The van der Waals surface area contributed by atoms with Crippen molar-refractivity contribution in [2.75, 3.05) is 13.1 Å². The summed E-state index contributed by atoms with van der Waals surface area (Å²) in [5.74, 6) is -0.566. The lowest BCUT2D eigenvalue weighted by molar-refractivity contribution is -0.133. The maximum atomic E-state index is 13.4. The highest BCUT2D eigenvalue weighted by Crippen LogP contribution is 2.20. The second-order valence-electron chi connectivity index (χ2n) is 7.94. The molecular formula is C26H29FN2O2S. The Morgan fingerprint density at radius 3 is 2.25 bits per heavy atom. The predicted molar refractivity (Wildman–Crippen MR) is 127 cm³/mol. The molecule has 0 aliphatic rings. The first-order valence-electron chi connectivity index (χ1n) is 10.8. The fraction of sp³-hybridized carbons (Fsp3) is 0.308. The van der Waals surface area contributed by atoms with Gasteiger partial charge in [-0.15, -0.1) is 11.3 Å². The Hall–Kier alpha value is -2.99. The number of carbonyl (C=O) groups is 2. The molecule has 1 aromatic heterocycles. The van der Waals surface area contributed by atoms with Crippen LogP contribution in [0.5, 0.6) is 0 Å². The van der Waals surface area contributed by atoms with E-state index in [2.05, 4.69) is 0 Å². The summed E-state index contributed by atoms with van der Waals surface area (Å²) in [6, 6.07) is 15.7. The normalized spacial score (nSPS) is 10.8. The number of hydrogen-bond donors (Lipinski definition) is 0. The molecule has 0 fully saturated rings. The number of halogens is 1. The van der Waals surface area contributed by atoms with Crippen molar-refractivity contribution in [1.82, 2.24) is 9.80 Å². The van der Waals surface area contributed by atoms with Gasteiger partial charge in [-0.3, -0.25) is 9.59 Å². The van der Waals surface area contributed by atoms with Gasteiger partial charge in [-0.05, 0) is 66.6 Å². The maximum Gasteiger partial charge on any atom is 0.254 e. The SMILES string of the molecule is CCCN(CC(=O)N(Cc1ccc(F)cc1)Cc1sccc1C)C(=O)c1ccccc1C. The molecule has 0 N–H and O–H groups in total. The number of carbonyl (C=O) groups excluding carboxylic acids is 2. The van der Waals surface area contributed by atoms with Gasteiger partial charge >= 0.3 is 0 Å². The lowest BCUT2D eigenvalue weighted by Gasteiger charge is -2.28. The topological polar surface area (TPSA) is 40.6 Å². The van der Waals surface area contributed by atoms with E-state index in [4.69, 9.17) is 0 Å². The smallest absolute Gasteiger partial charge is 0.254 e. The molecule has 0 bridgehead atoms. The van der Waals surface area contributed by atoms with Crippen molar-refractivity contribution in [3.8, 4) is 0 Å². The third-order valence-corrected chi connectivity index (χ3v) is 6.43. The molecule has 0 saturated carbocycles. The number of thiophene rings is 1. The molecule has 0 saturated heterocycles. The van der Waals surface area contributed by atoms with Gasteiger partial charge in [0.05, 0.1) is 6.54 Å². The minimum atomic E-state index is -0.307. The highest BCUT2D eigenvalue weighted by Gasteiger charge is 2.23. The standard InChI is InChI=1S/C26H29FN2O2S/c1-4-14-28(26(31)23-8-6-5-7-19(23)2)18-25(30)29(17-24-20(3)13-15-32-24)16-21-9-11-22(27)12-10-21/h5-13,15H,4,14,16-18H2,1-3H3. The fourth-order valence-corrected chi connectivity index (χ4v) is 4.47. The van der Waals surface area contributed by atoms with Gasteiger partial charge in [-0.25, -0.2) is 4.39 Å². The Labute approximate surface area is 193 Å². The van der Waals surface area contributed by atoms with Gasteiger partial charge in [0.25, 0.3) is 5.91 Å². The van der Waals surface area contributed by atoms with Crippen LogP contribution < -0.4 is 0 Å². The van der Waals surface area contributed by atoms with Crippen molar-refractivity contribution in [3.63, 3.8) is 0 Å². The number of aryl methyl sites for hydroxylation is 2. The van der Waals surface area contributed by atoms with E-state index in [1.165, 1.54) is 12.1 Å². The van der Waals surface area contributed by atoms with Gasteiger partial charge in [0.15, 0.2) is 0 Å². The summed E-state index contributed by atoms with van der Waals surface area (Å²) < 4.78 is 13.4. The fourth-order valence-electron chi connectivity index (χ4n) is 3.55. The summed E-state index contributed by atoms with van der Waals surface area (Å²) >= 11 is 1.61. The summed E-state index contributed by atoms with van der Waals surface area (Å²) in [5.41, 5.74) is 3.49. The number of benzene rings is 2. The van der Waals surface area contributed by atoms with Gasteiger partial charge in [0.2, 0.25) is 5.91 Å². The Balaban J connectivity index is 1.82. The predicted octanol–water partition coefficient (Wildman–Crippen LogP) is 5.59. The molecule has 0 atom stereocenters. The van der Waals surface area contributed by atoms with Crippen LogP contribution in [0.3, 0.4) is 0 Å². The van der Waals surface area contributed by atoms with Crippen molar-refractivity contribution in [3.05, 3.63) is 92.9 Å². The second kappa shape index (κ2) is 11.0. The van der Waals surface area contributed by atoms with E-state index in [-0.39, 0.29) is 24.2 Å². The third-order valence-electron chi connectivity index (χ3n) is 5.42. The Bertz CT molecular complexity index is 1060. The largest absolute Gasteiger partial charge is 0.332 e. The van der Waals surface area contributed by atoms with Crippen molar-refractivity contribution >= 4 is 23.2 Å². The molecule has 0 radical (unpaired) electrons. The molecule has 2 amide bonds. The van der Waals surface area contributed by atoms with Crippen LogP contribution in [0.1, 0.15) is 45.3 Å². The Kier molecular flexibility index (Phi) is 8.17. The number of rotatable bonds is 9. The minimum Gasteiger partial charge on any atom is -0.332 e. The van der Waals surface area contributed by atoms with E-state index in [9.17, 15) is 14.0 Å². The second-order valence-corrected chi connectivity index (χ2v) is 8.95. The van der Waals surface area contributed by atoms with Gasteiger partial charge < -0.3 is 9.80 Å². The molecule has 0 aliphatic heterocycles. The van der Waals surface area contributed by atoms with Crippen LogP contribution in [0.25, 0.3) is 0 Å². The molecule has 0 aliphatic carbocycles. The molecule has 168 valence electrons. The highest BCUT2D eigenvalue weighted by molar-refractivity contribution is 7.10. The van der Waals surface area contributed by atoms with Crippen LogP contribution in [0.2, 0.25) is 0 Å². The van der Waals surface area contributed by atoms with Crippen molar-refractivity contribution in [2.24, 2.45) is 0 Å². The summed E-state index contributed by atoms with van der Waals surface area (Å²) in [6.45, 7) is 7.24. The van der Waals surface area contributed by atoms with Crippen LogP contribution in [0.15, 0.2) is 60.0 Å². The molecule has 2 aromatic carbocycles. The van der Waals surface area contributed by atoms with E-state index in [1.54, 1.807) is 39.3 Å². The van der Waals surface area contributed by atoms with Gasteiger partial charge in [0, 0.05) is 23.5 Å². The molecule has 3 aromatic rings. The molecular weight excluding hydrogens is 423 g/mol. The van der Waals surface area contributed by atoms with E-state index >= 15 is 0 Å². The average molecular weight is 453 g/mol. The zero-order chi connectivity index (χ0) is 23.1. The summed E-state index contributed by atoms with van der Waals surface area (Å²) in [7, 11) is 0. The lowest BCUT2D eigenvalue weighted by Crippen LogP contribution is -2.43. The molecule has 3 rings (SSSR count). The van der Waals surface area contributed by atoms with Crippen LogP contribution in [-0.4, -0.2) is 34.7 Å². The monoisotopic (exact) mass is 452 g/mol. The zero-order valence-corrected chi connectivity index (χ0v) is 19.6. The molecule has 0 spiro atoms. The van der Waals surface area contributed by atoms with Crippen molar-refractivity contribution < 1.29 is 14.0 Å². The average Bonchev–Trinajstić information content (AvgIpc) is 3.18. The summed E-state index contributed by atoms with van der Waals surface area (Å²) in [6.07, 6.45) is 0.757. The molecule has 1 heterocycles. The van der Waals surface area contributed by atoms with Crippen molar-refractivity contribution in [1.29, 1.82) is 0 Å². The molecule has 6 heteroatoms. The van der Waals surface area contributed by atoms with E-state index < -0.39 is 0 Å². The maximum absolute atomic E-state index is 13.4. The quantitative estimate of drug-likeness (QED) is 0.425. The van der Waals surface area contributed by atoms with Crippen LogP contribution in [0, 0.1) is 19.7 Å². The van der Waals surface area contributed by atoms with E-state index in [0.29, 0.717) is 25.2 Å². The van der Waals surface area contributed by atoms with E-state index in [1.807, 2.05) is 50.4 Å². The zero-order valence-electron chi connectivity index (χ0n) is 18.8. The minimum absolute atomic E-state index is 0.00657. The number of nitrogens with zero attached hydrogens (tertiary/aromatic N) is 2. The Morgan fingerprint density at radius 1 is 0.906 bits per heavy atom. The van der Waals surface area contributed by atoms with Crippen LogP contribution in [0.4, 0.5) is 4.39 Å². The molecule has 32 heavy (non-hydrogen) atoms. The number of amides is 2. The first-order chi connectivity index (χ1) is 15.4. The summed E-state index contributed by atoms with van der Waals surface area (Å²) in [5, 5.41) is 2.01. The molecule has 4 nitrogen and oxygen atoms in total. The Morgan fingerprint density at radius 2 is 1.62 bits per heavy atom. The summed E-state index contributed by atoms with van der Waals surface area (Å²) in [4.78, 5) is 31.1. The first-order valence-corrected chi connectivity index (χ1v) is 11.7. The van der Waals surface area contributed by atoms with Crippen molar-refractivity contribution in [2.45, 2.75) is 40.3 Å². The molecule has 0 unspecified atom stereocenters. The van der Waals surface area contributed by atoms with E-state index in [0.717, 1.165) is 28.0 Å². The first kappa shape index (κ1) is 23.7.